The minimum absolute atomic E-state index is 0. The van der Waals surface area contributed by atoms with E-state index < -0.39 is 0 Å². The zero-order valence-corrected chi connectivity index (χ0v) is 14.9. The Balaban J connectivity index is 0.00000242. The molecule has 6 heteroatoms. The predicted octanol–water partition coefficient (Wildman–Crippen LogP) is 2.85. The summed E-state index contributed by atoms with van der Waals surface area (Å²) in [5.41, 5.74) is 7.54. The number of rotatable bonds is 6. The van der Waals surface area contributed by atoms with E-state index >= 15 is 0 Å². The Kier molecular flexibility index (Phi) is 7.65. The fourth-order valence-corrected chi connectivity index (χ4v) is 2.80. The van der Waals surface area contributed by atoms with Crippen molar-refractivity contribution in [2.45, 2.75) is 6.42 Å². The molecule has 120 valence electrons. The smallest absolute Gasteiger partial charge is 0.270 e. The first-order valence-corrected chi connectivity index (χ1v) is 7.76. The third-order valence-corrected chi connectivity index (χ3v) is 3.82. The predicted molar refractivity (Wildman–Crippen MR) is 95.5 cm³/mol. The van der Waals surface area contributed by atoms with Crippen molar-refractivity contribution in [1.29, 1.82) is 0 Å². The van der Waals surface area contributed by atoms with Gasteiger partial charge in [0.05, 0.1) is 0 Å². The molecule has 1 aromatic carbocycles. The average Bonchev–Trinajstić information content (AvgIpc) is 2.82. The number of amides is 1. The number of nitrogens with two attached hydrogens (primary N) is 1. The van der Waals surface area contributed by atoms with Gasteiger partial charge >= 0.3 is 0 Å². The normalized spacial score (nSPS) is 10.1. The molecule has 0 atom stereocenters. The summed E-state index contributed by atoms with van der Waals surface area (Å²) in [5.74, 6) is 0.0181. The zero-order chi connectivity index (χ0) is 15.2. The highest BCUT2D eigenvalue weighted by Gasteiger charge is 2.18. The van der Waals surface area contributed by atoms with E-state index in [4.69, 9.17) is 5.73 Å². The number of aryl methyl sites for hydroxylation is 1. The second-order valence-corrected chi connectivity index (χ2v) is 5.89. The Hall–Kier alpha value is -1.30. The lowest BCUT2D eigenvalue weighted by molar-refractivity contribution is 0.0752. The van der Waals surface area contributed by atoms with Crippen molar-refractivity contribution in [1.82, 2.24) is 9.47 Å². The number of carbonyl (C=O) groups excluding carboxylic acids is 1. The number of aromatic nitrogens is 1. The van der Waals surface area contributed by atoms with Crippen LogP contribution in [0.5, 0.6) is 0 Å². The first kappa shape index (κ1) is 18.7. The van der Waals surface area contributed by atoms with Gasteiger partial charge in [-0.25, -0.2) is 0 Å². The highest BCUT2D eigenvalue weighted by molar-refractivity contribution is 9.10. The SMILES string of the molecule is Cl.Cn1cc(Br)cc1C(=O)N(CCN)CCc1ccccc1. The van der Waals surface area contributed by atoms with E-state index in [1.807, 2.05) is 47.0 Å². The fourth-order valence-electron chi connectivity index (χ4n) is 2.28. The topological polar surface area (TPSA) is 51.3 Å². The van der Waals surface area contributed by atoms with Gasteiger partial charge in [0.25, 0.3) is 5.91 Å². The molecule has 22 heavy (non-hydrogen) atoms. The summed E-state index contributed by atoms with van der Waals surface area (Å²) in [4.78, 5) is 14.4. The van der Waals surface area contributed by atoms with Gasteiger partial charge in [0.15, 0.2) is 0 Å². The monoisotopic (exact) mass is 385 g/mol. The largest absolute Gasteiger partial charge is 0.345 e. The van der Waals surface area contributed by atoms with Crippen LogP contribution in [0.15, 0.2) is 47.1 Å². The van der Waals surface area contributed by atoms with Crippen molar-refractivity contribution in [2.75, 3.05) is 19.6 Å². The Morgan fingerprint density at radius 1 is 1.27 bits per heavy atom. The van der Waals surface area contributed by atoms with Gasteiger partial charge in [0.2, 0.25) is 0 Å². The van der Waals surface area contributed by atoms with E-state index in [9.17, 15) is 4.79 Å². The van der Waals surface area contributed by atoms with Gasteiger partial charge in [-0.3, -0.25) is 4.79 Å². The van der Waals surface area contributed by atoms with Crippen molar-refractivity contribution in [3.63, 3.8) is 0 Å². The Morgan fingerprint density at radius 3 is 2.50 bits per heavy atom. The van der Waals surface area contributed by atoms with E-state index in [2.05, 4.69) is 28.1 Å². The maximum atomic E-state index is 12.6. The number of hydrogen-bond donors (Lipinski definition) is 1. The lowest BCUT2D eigenvalue weighted by Crippen LogP contribution is -2.37. The molecule has 4 nitrogen and oxygen atoms in total. The van der Waals surface area contributed by atoms with Crippen LogP contribution in [0.25, 0.3) is 0 Å². The van der Waals surface area contributed by atoms with Crippen LogP contribution in [-0.2, 0) is 13.5 Å². The van der Waals surface area contributed by atoms with E-state index in [1.165, 1.54) is 5.56 Å². The highest BCUT2D eigenvalue weighted by Crippen LogP contribution is 2.15. The van der Waals surface area contributed by atoms with E-state index in [-0.39, 0.29) is 18.3 Å². The number of hydrogen-bond acceptors (Lipinski definition) is 2. The lowest BCUT2D eigenvalue weighted by atomic mass is 10.1. The molecule has 0 radical (unpaired) electrons. The maximum Gasteiger partial charge on any atom is 0.270 e. The Labute approximate surface area is 145 Å². The lowest BCUT2D eigenvalue weighted by Gasteiger charge is -2.22. The molecule has 0 aliphatic carbocycles. The van der Waals surface area contributed by atoms with Gasteiger partial charge in [-0.05, 0) is 34.0 Å². The number of benzene rings is 1. The summed E-state index contributed by atoms with van der Waals surface area (Å²) >= 11 is 3.40. The van der Waals surface area contributed by atoms with Crippen LogP contribution < -0.4 is 5.73 Å². The maximum absolute atomic E-state index is 12.6. The fraction of sp³-hybridized carbons (Fsp3) is 0.312. The van der Waals surface area contributed by atoms with Crippen LogP contribution in [0, 0.1) is 0 Å². The Morgan fingerprint density at radius 2 is 1.95 bits per heavy atom. The molecule has 1 aromatic heterocycles. The Bertz CT molecular complexity index is 601. The van der Waals surface area contributed by atoms with Crippen molar-refractivity contribution >= 4 is 34.2 Å². The molecule has 2 rings (SSSR count). The molecule has 0 unspecified atom stereocenters. The first-order valence-electron chi connectivity index (χ1n) is 6.97. The summed E-state index contributed by atoms with van der Waals surface area (Å²) in [6.07, 6.45) is 2.71. The van der Waals surface area contributed by atoms with Crippen LogP contribution in [0.4, 0.5) is 0 Å². The molecular weight excluding hydrogens is 366 g/mol. The van der Waals surface area contributed by atoms with Gasteiger partial charge in [0, 0.05) is 37.4 Å². The van der Waals surface area contributed by atoms with Crippen LogP contribution in [0.3, 0.4) is 0 Å². The minimum atomic E-state index is 0. The third-order valence-electron chi connectivity index (χ3n) is 3.39. The molecule has 1 heterocycles. The van der Waals surface area contributed by atoms with Crippen molar-refractivity contribution in [2.24, 2.45) is 12.8 Å². The zero-order valence-electron chi connectivity index (χ0n) is 12.5. The molecule has 2 N–H and O–H groups in total. The van der Waals surface area contributed by atoms with Crippen molar-refractivity contribution < 1.29 is 4.79 Å². The van der Waals surface area contributed by atoms with Gasteiger partial charge in [-0.2, -0.15) is 0 Å². The quantitative estimate of drug-likeness (QED) is 0.830. The molecule has 0 saturated carbocycles. The molecule has 0 aliphatic heterocycles. The van der Waals surface area contributed by atoms with Crippen LogP contribution in [0.2, 0.25) is 0 Å². The first-order chi connectivity index (χ1) is 10.1. The summed E-state index contributed by atoms with van der Waals surface area (Å²) < 4.78 is 2.74. The average molecular weight is 387 g/mol. The van der Waals surface area contributed by atoms with Crippen LogP contribution in [0.1, 0.15) is 16.1 Å². The second kappa shape index (κ2) is 8.98. The van der Waals surface area contributed by atoms with Gasteiger partial charge in [0.1, 0.15) is 5.69 Å². The number of nitrogens with zero attached hydrogens (tertiary/aromatic N) is 2. The number of carbonyl (C=O) groups is 1. The standard InChI is InChI=1S/C16H20BrN3O.ClH/c1-19-12-14(17)11-15(19)16(21)20(10-8-18)9-7-13-5-3-2-4-6-13;/h2-6,11-12H,7-10,18H2,1H3;1H. The summed E-state index contributed by atoms with van der Waals surface area (Å²) in [6, 6.07) is 12.0. The van der Waals surface area contributed by atoms with Gasteiger partial charge < -0.3 is 15.2 Å². The molecular formula is C16H21BrClN3O. The molecule has 2 aromatic rings. The van der Waals surface area contributed by atoms with Crippen LogP contribution >= 0.6 is 28.3 Å². The highest BCUT2D eigenvalue weighted by atomic mass is 79.9. The minimum Gasteiger partial charge on any atom is -0.345 e. The number of halogens is 2. The summed E-state index contributed by atoms with van der Waals surface area (Å²) in [7, 11) is 1.87. The molecule has 0 fully saturated rings. The molecule has 0 saturated heterocycles. The summed E-state index contributed by atoms with van der Waals surface area (Å²) in [5, 5.41) is 0. The van der Waals surface area contributed by atoms with Gasteiger partial charge in [-0.1, -0.05) is 30.3 Å². The van der Waals surface area contributed by atoms with Crippen molar-refractivity contribution in [3.05, 3.63) is 58.3 Å². The van der Waals surface area contributed by atoms with Crippen molar-refractivity contribution in [3.8, 4) is 0 Å². The van der Waals surface area contributed by atoms with E-state index in [1.54, 1.807) is 0 Å². The summed E-state index contributed by atoms with van der Waals surface area (Å²) in [6.45, 7) is 1.70. The second-order valence-electron chi connectivity index (χ2n) is 4.97. The van der Waals surface area contributed by atoms with Crippen LogP contribution in [-0.4, -0.2) is 35.0 Å². The van der Waals surface area contributed by atoms with E-state index in [0.717, 1.165) is 10.9 Å². The molecule has 0 aliphatic rings. The third kappa shape index (κ3) is 4.87. The molecule has 1 amide bonds. The molecule has 0 bridgehead atoms. The van der Waals surface area contributed by atoms with E-state index in [0.29, 0.717) is 25.3 Å². The molecule has 0 spiro atoms. The van der Waals surface area contributed by atoms with Gasteiger partial charge in [-0.15, -0.1) is 12.4 Å².